The minimum absolute atomic E-state index is 0.442. The molecule has 2 heterocycles. The number of halogens is 1. The lowest BCUT2D eigenvalue weighted by atomic mass is 10.4. The van der Waals surface area contributed by atoms with E-state index in [1.54, 1.807) is 30.4 Å². The lowest BCUT2D eigenvalue weighted by Gasteiger charge is -2.02. The first-order chi connectivity index (χ1) is 7.20. The molecule has 0 aliphatic rings. The van der Waals surface area contributed by atoms with Crippen molar-refractivity contribution >= 4 is 21.7 Å². The fraction of sp³-hybridized carbons (Fsp3) is 0.111. The van der Waals surface area contributed by atoms with Crippen molar-refractivity contribution in [3.63, 3.8) is 0 Å². The van der Waals surface area contributed by atoms with Gasteiger partial charge in [-0.05, 0) is 15.9 Å². The van der Waals surface area contributed by atoms with Gasteiger partial charge < -0.3 is 10.5 Å². The van der Waals surface area contributed by atoms with Crippen LogP contribution in [0.4, 0.5) is 5.82 Å². The molecule has 0 spiro atoms. The second-order valence-corrected chi connectivity index (χ2v) is 3.74. The molecule has 5 nitrogen and oxygen atoms in total. The molecule has 0 fully saturated rings. The third kappa shape index (κ3) is 1.94. The average molecular weight is 269 g/mol. The maximum absolute atomic E-state index is 5.62. The average Bonchev–Trinajstić information content (AvgIpc) is 2.59. The monoisotopic (exact) mass is 268 g/mol. The number of ether oxygens (including phenoxy) is 1. The van der Waals surface area contributed by atoms with E-state index in [0.717, 1.165) is 10.2 Å². The molecule has 2 aromatic heterocycles. The summed E-state index contributed by atoms with van der Waals surface area (Å²) in [6, 6.07) is 1.83. The van der Waals surface area contributed by atoms with Crippen LogP contribution in [0.25, 0.3) is 5.69 Å². The Labute approximate surface area is 95.0 Å². The van der Waals surface area contributed by atoms with Crippen LogP contribution in [0.1, 0.15) is 0 Å². The zero-order chi connectivity index (χ0) is 10.8. The van der Waals surface area contributed by atoms with E-state index < -0.39 is 0 Å². The van der Waals surface area contributed by atoms with Crippen LogP contribution in [0.15, 0.2) is 29.1 Å². The summed E-state index contributed by atoms with van der Waals surface area (Å²) in [6.07, 6.45) is 5.08. The molecule has 0 amide bonds. The van der Waals surface area contributed by atoms with Gasteiger partial charge in [0, 0.05) is 12.3 Å². The third-order valence-electron chi connectivity index (χ3n) is 1.89. The highest BCUT2D eigenvalue weighted by molar-refractivity contribution is 9.10. The molecule has 0 bridgehead atoms. The van der Waals surface area contributed by atoms with Gasteiger partial charge >= 0.3 is 0 Å². The van der Waals surface area contributed by atoms with E-state index in [-0.39, 0.29) is 0 Å². The summed E-state index contributed by atoms with van der Waals surface area (Å²) < 4.78 is 7.46. The quantitative estimate of drug-likeness (QED) is 0.899. The van der Waals surface area contributed by atoms with Gasteiger partial charge in [-0.3, -0.25) is 4.98 Å². The number of nitrogens with two attached hydrogens (primary N) is 1. The predicted octanol–water partition coefficient (Wildman–Crippen LogP) is 1.62. The van der Waals surface area contributed by atoms with Crippen LogP contribution in [0, 0.1) is 0 Å². The molecule has 0 radical (unpaired) electrons. The highest BCUT2D eigenvalue weighted by Crippen LogP contribution is 2.20. The number of hydrogen-bond acceptors (Lipinski definition) is 4. The molecule has 0 aliphatic heterocycles. The summed E-state index contributed by atoms with van der Waals surface area (Å²) >= 11 is 3.29. The van der Waals surface area contributed by atoms with Crippen molar-refractivity contribution in [2.45, 2.75) is 0 Å². The topological polar surface area (TPSA) is 66.0 Å². The van der Waals surface area contributed by atoms with Crippen molar-refractivity contribution in [2.75, 3.05) is 12.8 Å². The van der Waals surface area contributed by atoms with E-state index in [4.69, 9.17) is 10.5 Å². The molecule has 15 heavy (non-hydrogen) atoms. The van der Waals surface area contributed by atoms with Crippen molar-refractivity contribution in [3.8, 4) is 11.4 Å². The van der Waals surface area contributed by atoms with Crippen LogP contribution >= 0.6 is 15.9 Å². The van der Waals surface area contributed by atoms with Crippen LogP contribution < -0.4 is 10.5 Å². The minimum Gasteiger partial charge on any atom is -0.495 e. The van der Waals surface area contributed by atoms with Crippen LogP contribution in [0.5, 0.6) is 5.75 Å². The van der Waals surface area contributed by atoms with Gasteiger partial charge in [0.15, 0.2) is 5.82 Å². The highest BCUT2D eigenvalue weighted by Gasteiger charge is 2.05. The molecule has 78 valence electrons. The number of nitrogens with zero attached hydrogens (tertiary/aromatic N) is 3. The SMILES string of the molecule is COc1cncc(-n2cc(Br)c(N)n2)c1. The Balaban J connectivity index is 2.44. The van der Waals surface area contributed by atoms with Gasteiger partial charge in [-0.1, -0.05) is 0 Å². The Bertz CT molecular complexity index is 463. The molecule has 0 saturated carbocycles. The lowest BCUT2D eigenvalue weighted by molar-refractivity contribution is 0.412. The lowest BCUT2D eigenvalue weighted by Crippen LogP contribution is -1.97. The highest BCUT2D eigenvalue weighted by atomic mass is 79.9. The van der Waals surface area contributed by atoms with Crippen molar-refractivity contribution in [1.82, 2.24) is 14.8 Å². The van der Waals surface area contributed by atoms with Gasteiger partial charge in [-0.25, -0.2) is 4.68 Å². The van der Waals surface area contributed by atoms with Crippen LogP contribution in [0.3, 0.4) is 0 Å². The first kappa shape index (κ1) is 9.97. The van der Waals surface area contributed by atoms with Gasteiger partial charge in [0.25, 0.3) is 0 Å². The number of methoxy groups -OCH3 is 1. The van der Waals surface area contributed by atoms with Gasteiger partial charge in [-0.2, -0.15) is 0 Å². The van der Waals surface area contributed by atoms with E-state index in [1.807, 2.05) is 6.07 Å². The summed E-state index contributed by atoms with van der Waals surface area (Å²) in [5.41, 5.74) is 6.42. The summed E-state index contributed by atoms with van der Waals surface area (Å²) in [5.74, 6) is 1.12. The Kier molecular flexibility index (Phi) is 2.59. The third-order valence-corrected chi connectivity index (χ3v) is 2.51. The molecular weight excluding hydrogens is 260 g/mol. The van der Waals surface area contributed by atoms with Gasteiger partial charge in [0.1, 0.15) is 5.75 Å². The molecule has 2 N–H and O–H groups in total. The van der Waals surface area contributed by atoms with Gasteiger partial charge in [0.2, 0.25) is 0 Å². The molecule has 2 aromatic rings. The minimum atomic E-state index is 0.442. The Morgan fingerprint density at radius 2 is 2.27 bits per heavy atom. The molecule has 0 saturated heterocycles. The largest absolute Gasteiger partial charge is 0.495 e. The number of nitrogen functional groups attached to an aromatic ring is 1. The van der Waals surface area contributed by atoms with Gasteiger partial charge in [0.05, 0.1) is 29.7 Å². The second-order valence-electron chi connectivity index (χ2n) is 2.89. The zero-order valence-corrected chi connectivity index (χ0v) is 9.60. The van der Waals surface area contributed by atoms with Crippen LogP contribution in [0.2, 0.25) is 0 Å². The molecule has 0 atom stereocenters. The normalized spacial score (nSPS) is 10.3. The summed E-state index contributed by atoms with van der Waals surface area (Å²) in [7, 11) is 1.59. The predicted molar refractivity (Wildman–Crippen MR) is 60.0 cm³/mol. The van der Waals surface area contributed by atoms with E-state index in [9.17, 15) is 0 Å². The maximum atomic E-state index is 5.62. The van der Waals surface area contributed by atoms with E-state index in [2.05, 4.69) is 26.0 Å². The van der Waals surface area contributed by atoms with E-state index in [0.29, 0.717) is 11.6 Å². The zero-order valence-electron chi connectivity index (χ0n) is 8.01. The summed E-state index contributed by atoms with van der Waals surface area (Å²) in [6.45, 7) is 0. The van der Waals surface area contributed by atoms with Gasteiger partial charge in [-0.15, -0.1) is 5.10 Å². The van der Waals surface area contributed by atoms with E-state index in [1.165, 1.54) is 0 Å². The van der Waals surface area contributed by atoms with Crippen molar-refractivity contribution in [1.29, 1.82) is 0 Å². The standard InChI is InChI=1S/C9H9BrN4O/c1-15-7-2-6(3-12-4-7)14-5-8(10)9(11)13-14/h2-5H,1H3,(H2,11,13). The fourth-order valence-corrected chi connectivity index (χ4v) is 1.42. The van der Waals surface area contributed by atoms with E-state index >= 15 is 0 Å². The number of anilines is 1. The molecule has 0 aromatic carbocycles. The summed E-state index contributed by atoms with van der Waals surface area (Å²) in [5, 5.41) is 4.11. The van der Waals surface area contributed by atoms with Crippen molar-refractivity contribution in [2.24, 2.45) is 0 Å². The molecule has 0 unspecified atom stereocenters. The van der Waals surface area contributed by atoms with Crippen molar-refractivity contribution < 1.29 is 4.74 Å². The first-order valence-corrected chi connectivity index (χ1v) is 5.00. The Hall–Kier alpha value is -1.56. The molecule has 2 rings (SSSR count). The smallest absolute Gasteiger partial charge is 0.160 e. The maximum Gasteiger partial charge on any atom is 0.160 e. The Morgan fingerprint density at radius 3 is 2.87 bits per heavy atom. The number of rotatable bonds is 2. The van der Waals surface area contributed by atoms with Crippen LogP contribution in [-0.2, 0) is 0 Å². The Morgan fingerprint density at radius 1 is 1.47 bits per heavy atom. The first-order valence-electron chi connectivity index (χ1n) is 4.21. The number of pyridine rings is 1. The molecular formula is C9H9BrN4O. The molecule has 0 aliphatic carbocycles. The number of aromatic nitrogens is 3. The fourth-order valence-electron chi connectivity index (χ4n) is 1.14. The molecule has 6 heteroatoms. The number of hydrogen-bond donors (Lipinski definition) is 1. The van der Waals surface area contributed by atoms with Crippen LogP contribution in [-0.4, -0.2) is 21.9 Å². The van der Waals surface area contributed by atoms with Crippen molar-refractivity contribution in [3.05, 3.63) is 29.1 Å². The second kappa shape index (κ2) is 3.90. The summed E-state index contributed by atoms with van der Waals surface area (Å²) in [4.78, 5) is 4.03.